The number of benzene rings is 2. The van der Waals surface area contributed by atoms with Crippen molar-refractivity contribution < 1.29 is 23.4 Å². The number of nitrogens with zero attached hydrogens (tertiary/aromatic N) is 3. The SMILES string of the molecule is Cc1nnc(C(C)OC(=O)c2c3c(nc4ccccc24)/C(=C\c2ccc4c(c2)OCO4)CC3)o1. The topological polar surface area (TPSA) is 96.6 Å². The number of ether oxygens (including phenoxy) is 3. The van der Waals surface area contributed by atoms with Gasteiger partial charge in [0, 0.05) is 12.3 Å². The smallest absolute Gasteiger partial charge is 0.339 e. The van der Waals surface area contributed by atoms with Crippen molar-refractivity contribution in [2.75, 3.05) is 6.79 Å². The normalized spacial score (nSPS) is 16.1. The van der Waals surface area contributed by atoms with Gasteiger partial charge in [-0.25, -0.2) is 9.78 Å². The van der Waals surface area contributed by atoms with Crippen LogP contribution in [0.25, 0.3) is 22.6 Å². The Bertz CT molecular complexity index is 1470. The molecule has 1 unspecified atom stereocenters. The number of para-hydroxylation sites is 1. The van der Waals surface area contributed by atoms with E-state index in [1.54, 1.807) is 13.8 Å². The molecule has 4 aromatic rings. The maximum Gasteiger partial charge on any atom is 0.339 e. The molecule has 0 saturated heterocycles. The van der Waals surface area contributed by atoms with Gasteiger partial charge in [0.2, 0.25) is 12.7 Å². The van der Waals surface area contributed by atoms with Crippen LogP contribution in [-0.2, 0) is 11.2 Å². The van der Waals surface area contributed by atoms with E-state index in [0.29, 0.717) is 17.9 Å². The number of esters is 1. The number of carbonyl (C=O) groups excluding carboxylic acids is 1. The van der Waals surface area contributed by atoms with Gasteiger partial charge in [0.05, 0.1) is 16.8 Å². The first-order valence-electron chi connectivity index (χ1n) is 11.1. The molecular weight excluding hydrogens is 434 g/mol. The predicted molar refractivity (Wildman–Crippen MR) is 123 cm³/mol. The van der Waals surface area contributed by atoms with Gasteiger partial charge in [0.15, 0.2) is 17.6 Å². The summed E-state index contributed by atoms with van der Waals surface area (Å²) in [5, 5.41) is 8.57. The van der Waals surface area contributed by atoms with E-state index in [1.165, 1.54) is 0 Å². The Morgan fingerprint density at radius 2 is 1.94 bits per heavy atom. The Balaban J connectivity index is 1.41. The van der Waals surface area contributed by atoms with Gasteiger partial charge in [0.25, 0.3) is 5.89 Å². The third kappa shape index (κ3) is 3.48. The summed E-state index contributed by atoms with van der Waals surface area (Å²) in [6, 6.07) is 13.5. The molecule has 2 aromatic carbocycles. The molecule has 0 saturated carbocycles. The third-order valence-corrected chi connectivity index (χ3v) is 6.06. The lowest BCUT2D eigenvalue weighted by atomic mass is 10.0. The first kappa shape index (κ1) is 20.4. The van der Waals surface area contributed by atoms with Gasteiger partial charge in [-0.05, 0) is 60.7 Å². The van der Waals surface area contributed by atoms with Gasteiger partial charge in [-0.1, -0.05) is 24.3 Å². The fourth-order valence-electron chi connectivity index (χ4n) is 4.46. The van der Waals surface area contributed by atoms with Crippen molar-refractivity contribution >= 4 is 28.5 Å². The molecule has 1 aliphatic carbocycles. The Kier molecular flexibility index (Phi) is 4.79. The van der Waals surface area contributed by atoms with E-state index >= 15 is 0 Å². The van der Waals surface area contributed by atoms with Gasteiger partial charge >= 0.3 is 5.97 Å². The highest BCUT2D eigenvalue weighted by molar-refractivity contribution is 6.07. The molecule has 3 heterocycles. The molecule has 6 rings (SSSR count). The van der Waals surface area contributed by atoms with Crippen LogP contribution < -0.4 is 9.47 Å². The molecule has 0 bridgehead atoms. The first-order chi connectivity index (χ1) is 16.6. The standard InChI is InChI=1S/C26H21N3O5/c1-14(25-29-28-15(2)34-25)33-26(30)23-18-5-3-4-6-20(18)27-24-17(8-9-19(23)24)11-16-7-10-21-22(12-16)32-13-31-21/h3-7,10-12,14H,8-9,13H2,1-2H3/b17-11-. The summed E-state index contributed by atoms with van der Waals surface area (Å²) in [6.07, 6.45) is 2.89. The summed E-state index contributed by atoms with van der Waals surface area (Å²) in [5.41, 5.74) is 5.06. The monoisotopic (exact) mass is 455 g/mol. The lowest BCUT2D eigenvalue weighted by Crippen LogP contribution is -2.13. The second kappa shape index (κ2) is 7.98. The van der Waals surface area contributed by atoms with Gasteiger partial charge < -0.3 is 18.6 Å². The summed E-state index contributed by atoms with van der Waals surface area (Å²) < 4.78 is 22.1. The average Bonchev–Trinajstić information content (AvgIpc) is 3.57. The zero-order valence-electron chi connectivity index (χ0n) is 18.7. The quantitative estimate of drug-likeness (QED) is 0.394. The van der Waals surface area contributed by atoms with Crippen LogP contribution >= 0.6 is 0 Å². The zero-order valence-corrected chi connectivity index (χ0v) is 18.7. The predicted octanol–water partition coefficient (Wildman–Crippen LogP) is 5.06. The Hall–Kier alpha value is -4.20. The summed E-state index contributed by atoms with van der Waals surface area (Å²) in [6.45, 7) is 3.65. The number of aromatic nitrogens is 3. The number of carbonyl (C=O) groups is 1. The lowest BCUT2D eigenvalue weighted by Gasteiger charge is -2.14. The number of fused-ring (bicyclic) bond motifs is 3. The minimum absolute atomic E-state index is 0.235. The van der Waals surface area contributed by atoms with Crippen LogP contribution in [0.1, 0.15) is 58.4 Å². The molecule has 8 nitrogen and oxygen atoms in total. The van der Waals surface area contributed by atoms with E-state index < -0.39 is 12.1 Å². The largest absolute Gasteiger partial charge is 0.454 e. The van der Waals surface area contributed by atoms with Gasteiger partial charge in [-0.15, -0.1) is 10.2 Å². The van der Waals surface area contributed by atoms with E-state index in [-0.39, 0.29) is 12.7 Å². The molecular formula is C26H21N3O5. The van der Waals surface area contributed by atoms with Crippen molar-refractivity contribution in [3.63, 3.8) is 0 Å². The zero-order chi connectivity index (χ0) is 23.2. The maximum absolute atomic E-state index is 13.4. The number of aryl methyl sites for hydroxylation is 1. The van der Waals surface area contributed by atoms with E-state index in [0.717, 1.165) is 51.2 Å². The molecule has 170 valence electrons. The van der Waals surface area contributed by atoms with Crippen LogP contribution in [0.15, 0.2) is 46.9 Å². The minimum Gasteiger partial charge on any atom is -0.454 e. The first-order valence-corrected chi connectivity index (χ1v) is 11.1. The summed E-state index contributed by atoms with van der Waals surface area (Å²) in [7, 11) is 0. The van der Waals surface area contributed by atoms with Crippen molar-refractivity contribution in [1.29, 1.82) is 0 Å². The van der Waals surface area contributed by atoms with Crippen molar-refractivity contribution in [3.8, 4) is 11.5 Å². The Morgan fingerprint density at radius 3 is 2.79 bits per heavy atom. The molecule has 0 N–H and O–H groups in total. The summed E-state index contributed by atoms with van der Waals surface area (Å²) >= 11 is 0. The summed E-state index contributed by atoms with van der Waals surface area (Å²) in [5.74, 6) is 1.74. The van der Waals surface area contributed by atoms with Gasteiger partial charge in [0.1, 0.15) is 0 Å². The average molecular weight is 455 g/mol. The van der Waals surface area contributed by atoms with Crippen LogP contribution in [0.4, 0.5) is 0 Å². The highest BCUT2D eigenvalue weighted by Crippen LogP contribution is 2.39. The van der Waals surface area contributed by atoms with E-state index in [1.807, 2.05) is 42.5 Å². The van der Waals surface area contributed by atoms with Gasteiger partial charge in [-0.3, -0.25) is 0 Å². The van der Waals surface area contributed by atoms with E-state index in [9.17, 15) is 4.79 Å². The molecule has 2 aromatic heterocycles. The number of pyridine rings is 1. The van der Waals surface area contributed by atoms with Crippen LogP contribution in [0.2, 0.25) is 0 Å². The lowest BCUT2D eigenvalue weighted by molar-refractivity contribution is 0.0278. The van der Waals surface area contributed by atoms with Crippen LogP contribution in [0.5, 0.6) is 11.5 Å². The fourth-order valence-corrected chi connectivity index (χ4v) is 4.46. The maximum atomic E-state index is 13.4. The van der Waals surface area contributed by atoms with Gasteiger partial charge in [-0.2, -0.15) is 0 Å². The minimum atomic E-state index is -0.665. The molecule has 34 heavy (non-hydrogen) atoms. The molecule has 0 spiro atoms. The molecule has 0 fully saturated rings. The van der Waals surface area contributed by atoms with Crippen molar-refractivity contribution in [3.05, 3.63) is 76.6 Å². The van der Waals surface area contributed by atoms with E-state index in [2.05, 4.69) is 16.3 Å². The number of hydrogen-bond acceptors (Lipinski definition) is 8. The fraction of sp³-hybridized carbons (Fsp3) is 0.231. The number of allylic oxidation sites excluding steroid dienone is 1. The second-order valence-corrected chi connectivity index (χ2v) is 8.32. The number of hydrogen-bond donors (Lipinski definition) is 0. The van der Waals surface area contributed by atoms with Crippen LogP contribution in [0.3, 0.4) is 0 Å². The highest BCUT2D eigenvalue weighted by atomic mass is 16.7. The third-order valence-electron chi connectivity index (χ3n) is 6.06. The Labute approximate surface area is 195 Å². The number of rotatable bonds is 4. The van der Waals surface area contributed by atoms with Crippen molar-refractivity contribution in [1.82, 2.24) is 15.2 Å². The highest BCUT2D eigenvalue weighted by Gasteiger charge is 2.29. The second-order valence-electron chi connectivity index (χ2n) is 8.32. The van der Waals surface area contributed by atoms with Crippen LogP contribution in [-0.4, -0.2) is 27.9 Å². The molecule has 8 heteroatoms. The van der Waals surface area contributed by atoms with Crippen molar-refractivity contribution in [2.24, 2.45) is 0 Å². The molecule has 1 atom stereocenters. The molecule has 0 amide bonds. The van der Waals surface area contributed by atoms with Crippen molar-refractivity contribution in [2.45, 2.75) is 32.8 Å². The Morgan fingerprint density at radius 1 is 1.09 bits per heavy atom. The molecule has 0 radical (unpaired) electrons. The van der Waals surface area contributed by atoms with E-state index in [4.69, 9.17) is 23.6 Å². The molecule has 1 aliphatic heterocycles. The molecule has 2 aliphatic rings. The van der Waals surface area contributed by atoms with Crippen LogP contribution in [0, 0.1) is 6.92 Å². The summed E-state index contributed by atoms with van der Waals surface area (Å²) in [4.78, 5) is 18.3.